The first-order valence-electron chi connectivity index (χ1n) is 18.4. The van der Waals surface area contributed by atoms with Crippen LogP contribution in [0.1, 0.15) is 49.3 Å². The number of aromatic nitrogens is 5. The van der Waals surface area contributed by atoms with Gasteiger partial charge in [0.05, 0.1) is 32.6 Å². The second kappa shape index (κ2) is 16.6. The molecule has 2 aliphatic rings. The third kappa shape index (κ3) is 8.24. The smallest absolute Gasteiger partial charge is 0.319 e. The number of aliphatic hydroxyl groups excluding tert-OH is 2. The van der Waals surface area contributed by atoms with Gasteiger partial charge in [0.2, 0.25) is 11.9 Å². The van der Waals surface area contributed by atoms with E-state index in [1.165, 1.54) is 0 Å². The molecule has 16 heteroatoms. The van der Waals surface area contributed by atoms with Gasteiger partial charge in [0.15, 0.2) is 17.0 Å². The molecule has 4 heterocycles. The van der Waals surface area contributed by atoms with Crippen molar-refractivity contribution in [1.82, 2.24) is 35.1 Å². The van der Waals surface area contributed by atoms with Gasteiger partial charge < -0.3 is 50.4 Å². The van der Waals surface area contributed by atoms with Gasteiger partial charge in [-0.2, -0.15) is 9.97 Å². The van der Waals surface area contributed by atoms with Crippen LogP contribution < -0.4 is 35.6 Å². The summed E-state index contributed by atoms with van der Waals surface area (Å²) in [5.41, 5.74) is 3.69. The maximum Gasteiger partial charge on any atom is 0.319 e. The first-order chi connectivity index (χ1) is 26.7. The number of nitrogens with one attached hydrogen (secondary N) is 4. The fourth-order valence-electron chi connectivity index (χ4n) is 7.30. The van der Waals surface area contributed by atoms with Gasteiger partial charge in [0.25, 0.3) is 0 Å². The molecule has 0 spiro atoms. The Morgan fingerprint density at radius 2 is 1.58 bits per heavy atom. The number of carbonyl (C=O) groups excluding carboxylic acids is 2. The van der Waals surface area contributed by atoms with E-state index in [1.54, 1.807) is 56.6 Å². The molecule has 55 heavy (non-hydrogen) atoms. The number of methoxy groups -OCH3 is 2. The summed E-state index contributed by atoms with van der Waals surface area (Å²) in [5.74, 6) is 2.09. The molecule has 1 saturated carbocycles. The minimum absolute atomic E-state index is 0.110. The number of ether oxygens (including phenoxy) is 2. The van der Waals surface area contributed by atoms with E-state index in [-0.39, 0.29) is 36.7 Å². The number of rotatable bonds is 13. The summed E-state index contributed by atoms with van der Waals surface area (Å²) in [6.45, 7) is 3.21. The van der Waals surface area contributed by atoms with Gasteiger partial charge in [-0.15, -0.1) is 0 Å². The molecular formula is C39H46N10O6. The average Bonchev–Trinajstić information content (AvgIpc) is 3.93. The van der Waals surface area contributed by atoms with Crippen LogP contribution in [-0.2, 0) is 4.79 Å². The van der Waals surface area contributed by atoms with Crippen molar-refractivity contribution in [3.05, 3.63) is 90.5 Å². The first kappa shape index (κ1) is 37.3. The maximum atomic E-state index is 12.8. The largest absolute Gasteiger partial charge is 0.497 e. The van der Waals surface area contributed by atoms with Crippen LogP contribution in [0.15, 0.2) is 79.4 Å². The second-order valence-corrected chi connectivity index (χ2v) is 13.8. The Bertz CT molecular complexity index is 2030. The van der Waals surface area contributed by atoms with Crippen LogP contribution in [0.3, 0.4) is 0 Å². The summed E-state index contributed by atoms with van der Waals surface area (Å²) < 4.78 is 12.6. The lowest BCUT2D eigenvalue weighted by Crippen LogP contribution is -2.42. The Labute approximate surface area is 318 Å². The molecule has 6 N–H and O–H groups in total. The zero-order valence-electron chi connectivity index (χ0n) is 30.9. The maximum absolute atomic E-state index is 12.8. The van der Waals surface area contributed by atoms with E-state index in [4.69, 9.17) is 24.4 Å². The number of hydrogen-bond donors (Lipinski definition) is 6. The number of fused-ring (bicyclic) bond motifs is 1. The number of amides is 3. The molecule has 1 aliphatic carbocycles. The Kier molecular flexibility index (Phi) is 11.2. The lowest BCUT2D eigenvalue weighted by atomic mass is 9.91. The molecule has 1 saturated heterocycles. The van der Waals surface area contributed by atoms with Gasteiger partial charge >= 0.3 is 6.03 Å². The van der Waals surface area contributed by atoms with Crippen LogP contribution in [0.5, 0.6) is 11.5 Å². The van der Waals surface area contributed by atoms with E-state index in [2.05, 4.69) is 26.3 Å². The quantitative estimate of drug-likeness (QED) is 0.103. The summed E-state index contributed by atoms with van der Waals surface area (Å²) in [5, 5.41) is 34.5. The summed E-state index contributed by atoms with van der Waals surface area (Å²) in [4.78, 5) is 45.8. The third-order valence-electron chi connectivity index (χ3n) is 10.3. The van der Waals surface area contributed by atoms with Gasteiger partial charge in [-0.1, -0.05) is 31.2 Å². The van der Waals surface area contributed by atoms with Gasteiger partial charge in [-0.05, 0) is 60.4 Å². The number of urea groups is 1. The van der Waals surface area contributed by atoms with Crippen molar-refractivity contribution in [2.75, 3.05) is 49.4 Å². The van der Waals surface area contributed by atoms with Crippen LogP contribution in [0.2, 0.25) is 0 Å². The number of benzene rings is 2. The Morgan fingerprint density at radius 1 is 0.909 bits per heavy atom. The average molecular weight is 751 g/mol. The normalized spacial score (nSPS) is 20.8. The SMILES string of the molecule is CCC(=O)N[C@H]1C[C@@H](n2cnc3c(NCC(c4ccc(OC)cc4)c4ccc(OC)cc4)nc(N4CCC(NC(=O)Nc5ccncc5)C4)nc32)[C@H](O)[C@@H]1O. The molecule has 0 bridgehead atoms. The summed E-state index contributed by atoms with van der Waals surface area (Å²) in [6.07, 6.45) is 3.67. The molecule has 7 rings (SSSR count). The second-order valence-electron chi connectivity index (χ2n) is 13.8. The highest BCUT2D eigenvalue weighted by molar-refractivity contribution is 5.89. The lowest BCUT2D eigenvalue weighted by molar-refractivity contribution is -0.122. The van der Waals surface area contributed by atoms with Crippen LogP contribution in [0.4, 0.5) is 22.2 Å². The van der Waals surface area contributed by atoms with E-state index in [9.17, 15) is 19.8 Å². The van der Waals surface area contributed by atoms with E-state index in [0.29, 0.717) is 54.7 Å². The minimum atomic E-state index is -1.18. The molecule has 0 radical (unpaired) electrons. The highest BCUT2D eigenvalue weighted by Crippen LogP contribution is 2.36. The summed E-state index contributed by atoms with van der Waals surface area (Å²) in [6, 6.07) is 17.6. The molecule has 5 atom stereocenters. The number of pyridine rings is 1. The van der Waals surface area contributed by atoms with E-state index >= 15 is 0 Å². The van der Waals surface area contributed by atoms with Crippen LogP contribution in [0, 0.1) is 0 Å². The van der Waals surface area contributed by atoms with Crippen molar-refractivity contribution in [2.45, 2.75) is 62.4 Å². The number of anilines is 3. The molecule has 2 fully saturated rings. The predicted octanol–water partition coefficient (Wildman–Crippen LogP) is 3.44. The van der Waals surface area contributed by atoms with Crippen molar-refractivity contribution in [3.63, 3.8) is 0 Å². The molecule has 16 nitrogen and oxygen atoms in total. The van der Waals surface area contributed by atoms with Gasteiger partial charge in [-0.25, -0.2) is 9.78 Å². The van der Waals surface area contributed by atoms with Crippen LogP contribution in [0.25, 0.3) is 11.2 Å². The van der Waals surface area contributed by atoms with Gasteiger partial charge in [-0.3, -0.25) is 9.78 Å². The Balaban J connectivity index is 1.20. The van der Waals surface area contributed by atoms with Crippen LogP contribution >= 0.6 is 0 Å². The predicted molar refractivity (Wildman–Crippen MR) is 207 cm³/mol. The first-order valence-corrected chi connectivity index (χ1v) is 18.4. The molecule has 5 aromatic rings. The minimum Gasteiger partial charge on any atom is -0.497 e. The monoisotopic (exact) mass is 750 g/mol. The Morgan fingerprint density at radius 3 is 2.22 bits per heavy atom. The highest BCUT2D eigenvalue weighted by Gasteiger charge is 2.44. The van der Waals surface area contributed by atoms with Gasteiger partial charge in [0, 0.05) is 56.1 Å². The molecular weight excluding hydrogens is 704 g/mol. The molecule has 2 aromatic carbocycles. The van der Waals surface area contributed by atoms with Crippen molar-refractivity contribution in [1.29, 1.82) is 0 Å². The van der Waals surface area contributed by atoms with Gasteiger partial charge in [0.1, 0.15) is 23.7 Å². The number of hydrogen-bond acceptors (Lipinski definition) is 12. The van der Waals surface area contributed by atoms with E-state index < -0.39 is 24.3 Å². The molecule has 1 aliphatic heterocycles. The van der Waals surface area contributed by atoms with Crippen molar-refractivity contribution in [3.8, 4) is 11.5 Å². The molecule has 3 aromatic heterocycles. The van der Waals surface area contributed by atoms with Crippen molar-refractivity contribution < 1.29 is 29.3 Å². The molecule has 1 unspecified atom stereocenters. The topological polar surface area (TPSA) is 201 Å². The third-order valence-corrected chi connectivity index (χ3v) is 10.3. The zero-order valence-corrected chi connectivity index (χ0v) is 30.9. The number of nitrogens with zero attached hydrogens (tertiary/aromatic N) is 6. The number of aliphatic hydroxyl groups is 2. The number of imidazole rings is 1. The Hall–Kier alpha value is -6.00. The molecule has 3 amide bonds. The van der Waals surface area contributed by atoms with Crippen LogP contribution in [-0.4, -0.2) is 105 Å². The molecule has 288 valence electrons. The van der Waals surface area contributed by atoms with Crippen molar-refractivity contribution in [2.24, 2.45) is 0 Å². The lowest BCUT2D eigenvalue weighted by Gasteiger charge is -2.22. The summed E-state index contributed by atoms with van der Waals surface area (Å²) in [7, 11) is 3.27. The fourth-order valence-corrected chi connectivity index (χ4v) is 7.30. The summed E-state index contributed by atoms with van der Waals surface area (Å²) >= 11 is 0. The van der Waals surface area contributed by atoms with Crippen molar-refractivity contribution >= 4 is 40.6 Å². The fraction of sp³-hybridized carbons (Fsp3) is 0.385. The van der Waals surface area contributed by atoms with E-state index in [1.807, 2.05) is 53.4 Å². The zero-order chi connectivity index (χ0) is 38.5. The van der Waals surface area contributed by atoms with E-state index in [0.717, 1.165) is 22.6 Å². The standard InChI is InChI=1S/C39H46N10O6/c1-4-32(50)45-30-19-31(35(52)34(30)51)49-22-42-33-36(41-20-29(23-5-9-27(54-2)10-6-23)24-7-11-28(55-3)12-8-24)46-38(47-37(33)49)48-18-15-26(21-48)44-39(53)43-25-13-16-40-17-14-25/h5-14,16-17,22,26,29-31,34-35,51-52H,4,15,18-21H2,1-3H3,(H,45,50)(H,41,46,47)(H2,40,43,44,53)/t26?,30-,31+,34+,35-/m0/s1. The number of carbonyl (C=O) groups is 2. The highest BCUT2D eigenvalue weighted by atomic mass is 16.5.